The second-order valence-corrected chi connectivity index (χ2v) is 5.39. The van der Waals surface area contributed by atoms with Gasteiger partial charge in [0.1, 0.15) is 17.6 Å². The number of furan rings is 1. The summed E-state index contributed by atoms with van der Waals surface area (Å²) in [6.07, 6.45) is 2.04. The van der Waals surface area contributed by atoms with Crippen molar-refractivity contribution in [2.75, 3.05) is 12.5 Å². The van der Waals surface area contributed by atoms with Gasteiger partial charge in [-0.2, -0.15) is 10.4 Å². The molecule has 2 heterocycles. The number of nitrogens with zero attached hydrogens (tertiary/aromatic N) is 3. The molecular formula is C19H16N4O4. The number of hydrogen-bond donors (Lipinski definition) is 1. The summed E-state index contributed by atoms with van der Waals surface area (Å²) >= 11 is 0. The first-order chi connectivity index (χ1) is 13.1. The lowest BCUT2D eigenvalue weighted by molar-refractivity contribution is 0.0600. The average molecular weight is 364 g/mol. The highest BCUT2D eigenvalue weighted by atomic mass is 16.5. The van der Waals surface area contributed by atoms with E-state index in [1.54, 1.807) is 36.4 Å². The van der Waals surface area contributed by atoms with Crippen LogP contribution in [0.4, 0.5) is 5.88 Å². The van der Waals surface area contributed by atoms with Gasteiger partial charge in [-0.15, -0.1) is 0 Å². The Labute approximate surface area is 155 Å². The zero-order valence-corrected chi connectivity index (χ0v) is 14.7. The number of esters is 1. The molecule has 2 aromatic heterocycles. The molecule has 0 atom stereocenters. The number of oxazole rings is 1. The van der Waals surface area contributed by atoms with Gasteiger partial charge in [-0.05, 0) is 24.3 Å². The highest BCUT2D eigenvalue weighted by Gasteiger charge is 2.11. The van der Waals surface area contributed by atoms with Gasteiger partial charge in [-0.25, -0.2) is 15.2 Å². The Morgan fingerprint density at radius 1 is 1.30 bits per heavy atom. The molecule has 0 saturated carbocycles. The molecule has 0 amide bonds. The molecule has 1 aromatic carbocycles. The van der Waals surface area contributed by atoms with Crippen molar-refractivity contribution >= 4 is 18.1 Å². The molecule has 0 bridgehead atoms. The number of carbonyl (C=O) groups is 1. The lowest BCUT2D eigenvalue weighted by atomic mass is 10.1. The van der Waals surface area contributed by atoms with Crippen LogP contribution >= 0.6 is 0 Å². The fraction of sp³-hybridized carbons (Fsp3) is 0.158. The number of nitriles is 1. The van der Waals surface area contributed by atoms with Gasteiger partial charge in [0.25, 0.3) is 5.88 Å². The van der Waals surface area contributed by atoms with Crippen LogP contribution in [0.15, 0.2) is 50.3 Å². The molecule has 0 saturated heterocycles. The van der Waals surface area contributed by atoms with Gasteiger partial charge in [0.15, 0.2) is 5.89 Å². The first kappa shape index (κ1) is 17.9. The van der Waals surface area contributed by atoms with E-state index in [-0.39, 0.29) is 11.6 Å². The summed E-state index contributed by atoms with van der Waals surface area (Å²) in [4.78, 5) is 15.5. The Morgan fingerprint density at radius 2 is 2.07 bits per heavy atom. The van der Waals surface area contributed by atoms with Crippen LogP contribution in [0.3, 0.4) is 0 Å². The zero-order chi connectivity index (χ0) is 19.2. The Balaban J connectivity index is 1.69. The van der Waals surface area contributed by atoms with Crippen molar-refractivity contribution in [3.05, 3.63) is 59.3 Å². The quantitative estimate of drug-likeness (QED) is 0.404. The largest absolute Gasteiger partial charge is 0.465 e. The summed E-state index contributed by atoms with van der Waals surface area (Å²) in [7, 11) is 1.34. The van der Waals surface area contributed by atoms with E-state index in [1.165, 1.54) is 13.3 Å². The summed E-state index contributed by atoms with van der Waals surface area (Å²) in [5.41, 5.74) is 4.07. The third kappa shape index (κ3) is 4.04. The number of anilines is 1. The molecule has 8 heteroatoms. The van der Waals surface area contributed by atoms with Gasteiger partial charge in [0.2, 0.25) is 5.69 Å². The number of rotatable bonds is 6. The topological polar surface area (TPSA) is 114 Å². The van der Waals surface area contributed by atoms with Crippen molar-refractivity contribution in [3.8, 4) is 17.4 Å². The highest BCUT2D eigenvalue weighted by Crippen LogP contribution is 2.22. The van der Waals surface area contributed by atoms with Gasteiger partial charge in [0, 0.05) is 12.0 Å². The molecule has 3 rings (SSSR count). The normalized spacial score (nSPS) is 10.7. The summed E-state index contributed by atoms with van der Waals surface area (Å²) in [5, 5.41) is 13.0. The van der Waals surface area contributed by atoms with Crippen LogP contribution < -0.4 is 5.43 Å². The van der Waals surface area contributed by atoms with Gasteiger partial charge in [0.05, 0.1) is 18.9 Å². The molecule has 27 heavy (non-hydrogen) atoms. The standard InChI is InChI=1S/C19H16N4O4/c1-3-17-22-15(10-20)18(27-17)23-21-11-14-8-9-16(26-14)12-4-6-13(7-5-12)19(24)25-2/h4-9,11,23H,3H2,1-2H3/b21-11+. The van der Waals surface area contributed by atoms with E-state index >= 15 is 0 Å². The number of hydrogen-bond acceptors (Lipinski definition) is 8. The molecule has 0 aliphatic rings. The third-order valence-electron chi connectivity index (χ3n) is 3.65. The van der Waals surface area contributed by atoms with Gasteiger partial charge < -0.3 is 13.6 Å². The minimum absolute atomic E-state index is 0.148. The summed E-state index contributed by atoms with van der Waals surface area (Å²) < 4.78 is 15.8. The van der Waals surface area contributed by atoms with Crippen molar-refractivity contribution in [1.29, 1.82) is 5.26 Å². The number of ether oxygens (including phenoxy) is 1. The monoisotopic (exact) mass is 364 g/mol. The second-order valence-electron chi connectivity index (χ2n) is 5.39. The molecule has 1 N–H and O–H groups in total. The summed E-state index contributed by atoms with van der Waals surface area (Å²) in [5.74, 6) is 1.38. The molecule has 3 aromatic rings. The first-order valence-corrected chi connectivity index (χ1v) is 8.12. The predicted molar refractivity (Wildman–Crippen MR) is 97.3 cm³/mol. The average Bonchev–Trinajstić information content (AvgIpc) is 3.34. The van der Waals surface area contributed by atoms with Crippen molar-refractivity contribution in [1.82, 2.24) is 4.98 Å². The molecular weight excluding hydrogens is 348 g/mol. The Hall–Kier alpha value is -3.86. The fourth-order valence-corrected chi connectivity index (χ4v) is 2.29. The van der Waals surface area contributed by atoms with Gasteiger partial charge in [-0.3, -0.25) is 0 Å². The molecule has 0 aliphatic heterocycles. The summed E-state index contributed by atoms with van der Waals surface area (Å²) in [6.45, 7) is 1.88. The van der Waals surface area contributed by atoms with Gasteiger partial charge in [-0.1, -0.05) is 19.1 Å². The Morgan fingerprint density at radius 3 is 2.74 bits per heavy atom. The molecule has 0 fully saturated rings. The van der Waals surface area contributed by atoms with Crippen molar-refractivity contribution < 1.29 is 18.4 Å². The number of aromatic nitrogens is 1. The van der Waals surface area contributed by atoms with E-state index in [0.29, 0.717) is 29.4 Å². The van der Waals surface area contributed by atoms with E-state index in [2.05, 4.69) is 20.2 Å². The molecule has 8 nitrogen and oxygen atoms in total. The van der Waals surface area contributed by atoms with E-state index in [1.807, 2.05) is 13.0 Å². The first-order valence-electron chi connectivity index (χ1n) is 8.12. The van der Waals surface area contributed by atoms with Gasteiger partial charge >= 0.3 is 5.97 Å². The molecule has 136 valence electrons. The maximum atomic E-state index is 11.5. The van der Waals surface area contributed by atoms with Crippen molar-refractivity contribution in [2.24, 2.45) is 5.10 Å². The van der Waals surface area contributed by atoms with Crippen LogP contribution in [0.2, 0.25) is 0 Å². The highest BCUT2D eigenvalue weighted by molar-refractivity contribution is 5.89. The Bertz CT molecular complexity index is 1010. The predicted octanol–water partition coefficient (Wildman–Crippen LogP) is 3.60. The lowest BCUT2D eigenvalue weighted by Crippen LogP contribution is -2.00. The van der Waals surface area contributed by atoms with Crippen LogP contribution in [0, 0.1) is 11.3 Å². The lowest BCUT2D eigenvalue weighted by Gasteiger charge is -2.00. The molecule has 0 aliphatic carbocycles. The zero-order valence-electron chi connectivity index (χ0n) is 14.7. The number of methoxy groups -OCH3 is 1. The van der Waals surface area contributed by atoms with Crippen molar-refractivity contribution in [2.45, 2.75) is 13.3 Å². The molecule has 0 spiro atoms. The van der Waals surface area contributed by atoms with Crippen LogP contribution in [0.5, 0.6) is 0 Å². The SMILES string of the molecule is CCc1nc(C#N)c(N/N=C/c2ccc(-c3ccc(C(=O)OC)cc3)o2)o1. The number of carbonyl (C=O) groups excluding carboxylic acids is 1. The summed E-state index contributed by atoms with van der Waals surface area (Å²) in [6, 6.07) is 12.3. The van der Waals surface area contributed by atoms with E-state index in [0.717, 1.165) is 5.56 Å². The van der Waals surface area contributed by atoms with Crippen LogP contribution in [0.25, 0.3) is 11.3 Å². The van der Waals surface area contributed by atoms with Crippen LogP contribution in [-0.2, 0) is 11.2 Å². The van der Waals surface area contributed by atoms with E-state index in [9.17, 15) is 4.79 Å². The van der Waals surface area contributed by atoms with Crippen molar-refractivity contribution in [3.63, 3.8) is 0 Å². The van der Waals surface area contributed by atoms with E-state index < -0.39 is 5.97 Å². The molecule has 0 unspecified atom stereocenters. The number of hydrazone groups is 1. The number of benzene rings is 1. The molecule has 0 radical (unpaired) electrons. The number of aryl methyl sites for hydroxylation is 1. The third-order valence-corrected chi connectivity index (χ3v) is 3.65. The Kier molecular flexibility index (Phi) is 5.33. The minimum Gasteiger partial charge on any atom is -0.465 e. The maximum Gasteiger partial charge on any atom is 0.337 e. The maximum absolute atomic E-state index is 11.5. The second kappa shape index (κ2) is 8.01. The van der Waals surface area contributed by atoms with Crippen LogP contribution in [-0.4, -0.2) is 24.3 Å². The smallest absolute Gasteiger partial charge is 0.337 e. The van der Waals surface area contributed by atoms with Crippen LogP contribution in [0.1, 0.15) is 34.6 Å². The minimum atomic E-state index is -0.393. The van der Waals surface area contributed by atoms with E-state index in [4.69, 9.17) is 14.1 Å². The fourth-order valence-electron chi connectivity index (χ4n) is 2.29. The number of nitrogens with one attached hydrogen (secondary N) is 1.